The normalized spacial score (nSPS) is 23.2. The monoisotopic (exact) mass is 657 g/mol. The first-order valence-corrected chi connectivity index (χ1v) is 15.2. The van der Waals surface area contributed by atoms with Crippen LogP contribution in [0, 0.1) is 5.92 Å². The minimum Gasteiger partial charge on any atom is -0.508 e. The van der Waals surface area contributed by atoms with Gasteiger partial charge in [0.25, 0.3) is 6.47 Å². The van der Waals surface area contributed by atoms with Crippen LogP contribution in [0.25, 0.3) is 21.6 Å². The number of esters is 1. The number of carbonyl (C=O) groups excluding carboxylic acids is 2. The van der Waals surface area contributed by atoms with E-state index in [9.17, 15) is 29.9 Å². The molecule has 3 rings (SSSR count). The number of carbonyl (C=O) groups is 2. The van der Waals surface area contributed by atoms with Crippen LogP contribution in [-0.2, 0) is 37.4 Å². The number of anilines is 1. The van der Waals surface area contributed by atoms with Crippen LogP contribution in [0.5, 0.6) is 5.88 Å². The van der Waals surface area contributed by atoms with Gasteiger partial charge in [-0.15, -0.1) is 0 Å². The number of imidazole rings is 1. The average Bonchev–Trinajstić information content (AvgIpc) is 3.50. The zero-order chi connectivity index (χ0) is 33.4. The van der Waals surface area contributed by atoms with Gasteiger partial charge in [0.1, 0.15) is 30.6 Å². The number of nitrogens with zero attached hydrogens (tertiary/aromatic N) is 7. The van der Waals surface area contributed by atoms with Gasteiger partial charge in [0.15, 0.2) is 23.2 Å². The van der Waals surface area contributed by atoms with Crippen molar-refractivity contribution in [2.45, 2.75) is 58.6 Å². The van der Waals surface area contributed by atoms with Crippen molar-refractivity contribution in [3.63, 3.8) is 0 Å². The van der Waals surface area contributed by atoms with Gasteiger partial charge in [-0.3, -0.25) is 23.2 Å². The Bertz CT molecular complexity index is 1500. The fraction of sp³-hybridized carbons (Fsp3) is 0.625. The van der Waals surface area contributed by atoms with Crippen LogP contribution >= 0.6 is 7.75 Å². The van der Waals surface area contributed by atoms with Crippen molar-refractivity contribution >= 4 is 37.3 Å². The highest BCUT2D eigenvalue weighted by molar-refractivity contribution is 7.51. The largest absolute Gasteiger partial charge is 0.508 e. The molecule has 0 spiro atoms. The van der Waals surface area contributed by atoms with Crippen molar-refractivity contribution in [1.29, 1.82) is 0 Å². The number of nitrogens with two attached hydrogens (primary N) is 1. The summed E-state index contributed by atoms with van der Waals surface area (Å²) in [6.07, 6.45) is -2.71. The molecule has 0 saturated carbocycles. The fourth-order valence-electron chi connectivity index (χ4n) is 4.27. The minimum absolute atomic E-state index is 0.0618. The van der Waals surface area contributed by atoms with Gasteiger partial charge in [0, 0.05) is 24.3 Å². The Labute approximate surface area is 257 Å². The number of hydrogen-bond donors (Lipinski definition) is 4. The van der Waals surface area contributed by atoms with E-state index in [0.29, 0.717) is 0 Å². The van der Waals surface area contributed by atoms with E-state index in [-0.39, 0.29) is 60.7 Å². The number of nitrogen functional groups attached to an aromatic ring is 1. The standard InChI is InChI=1S/C24H36N9O11P/c1-6-39-21-17-20(29-23(25)30-21)33(11-27-17)22-24(5,31-32-26)19(37)16(44-22)10-43-45(38,28-7-8-40-14(4)35)42-9-15(41-12-34)18(36)13(2)3/h11-13,16,19,22,36-37H,6-10H2,1-5H3,(H,28,38)(H2,25,29,30)/b18-15-/t16-,19-,22-,24-,45?/m1/s1. The van der Waals surface area contributed by atoms with Crippen LogP contribution in [0.2, 0.25) is 0 Å². The molecule has 1 fully saturated rings. The molecule has 2 aromatic rings. The van der Waals surface area contributed by atoms with Gasteiger partial charge in [0.05, 0.1) is 25.6 Å². The smallest absolute Gasteiger partial charge is 0.406 e. The van der Waals surface area contributed by atoms with Crippen molar-refractivity contribution < 1.29 is 52.4 Å². The van der Waals surface area contributed by atoms with E-state index in [1.165, 1.54) is 24.7 Å². The third-order valence-electron chi connectivity index (χ3n) is 6.47. The van der Waals surface area contributed by atoms with E-state index in [1.807, 2.05) is 0 Å². The Hall–Kier alpha value is -4.03. The second kappa shape index (κ2) is 15.3. The summed E-state index contributed by atoms with van der Waals surface area (Å²) in [4.78, 5) is 37.5. The van der Waals surface area contributed by atoms with Crippen molar-refractivity contribution in [3.8, 4) is 5.88 Å². The number of fused-ring (bicyclic) bond motifs is 1. The molecule has 5 N–H and O–H groups in total. The molecule has 248 valence electrons. The Balaban J connectivity index is 1.89. The summed E-state index contributed by atoms with van der Waals surface area (Å²) in [5.41, 5.74) is 13.9. The van der Waals surface area contributed by atoms with Gasteiger partial charge in [-0.25, -0.2) is 14.6 Å². The summed E-state index contributed by atoms with van der Waals surface area (Å²) < 4.78 is 47.3. The Morgan fingerprint density at radius 3 is 2.76 bits per heavy atom. The number of rotatable bonds is 17. The van der Waals surface area contributed by atoms with Crippen molar-refractivity contribution in [1.82, 2.24) is 24.6 Å². The van der Waals surface area contributed by atoms with Crippen LogP contribution in [0.3, 0.4) is 0 Å². The van der Waals surface area contributed by atoms with Crippen molar-refractivity contribution in [3.05, 3.63) is 28.3 Å². The second-order valence-electron chi connectivity index (χ2n) is 10.0. The molecule has 0 bridgehead atoms. The highest BCUT2D eigenvalue weighted by atomic mass is 31.2. The lowest BCUT2D eigenvalue weighted by Crippen LogP contribution is -2.42. The molecule has 1 aliphatic rings. The van der Waals surface area contributed by atoms with E-state index in [0.717, 1.165) is 0 Å². The molecule has 45 heavy (non-hydrogen) atoms. The maximum atomic E-state index is 13.7. The lowest BCUT2D eigenvalue weighted by molar-refractivity contribution is -0.140. The number of nitrogens with one attached hydrogen (secondary N) is 1. The predicted octanol–water partition coefficient (Wildman–Crippen LogP) is 2.03. The zero-order valence-electron chi connectivity index (χ0n) is 25.2. The van der Waals surface area contributed by atoms with Gasteiger partial charge in [-0.2, -0.15) is 9.97 Å². The van der Waals surface area contributed by atoms with E-state index in [1.54, 1.807) is 20.8 Å². The van der Waals surface area contributed by atoms with E-state index >= 15 is 0 Å². The SMILES string of the molecule is CCOc1nc(N)nc2c1ncn2[C@@H]1O[C@H](COP(=O)(NCCOC(C)=O)OC/C(OC=O)=C(/O)C(C)C)[C@@H](O)[C@@]1(C)N=[N+]=[N-]. The van der Waals surface area contributed by atoms with Gasteiger partial charge in [-0.05, 0) is 19.4 Å². The summed E-state index contributed by atoms with van der Waals surface area (Å²) in [6, 6.07) is 0. The second-order valence-corrected chi connectivity index (χ2v) is 11.9. The van der Waals surface area contributed by atoms with Gasteiger partial charge >= 0.3 is 13.7 Å². The lowest BCUT2D eigenvalue weighted by Gasteiger charge is -2.28. The Morgan fingerprint density at radius 2 is 2.13 bits per heavy atom. The van der Waals surface area contributed by atoms with Crippen LogP contribution in [0.1, 0.15) is 40.8 Å². The maximum Gasteiger partial charge on any atom is 0.406 e. The number of aliphatic hydroxyl groups is 2. The maximum absolute atomic E-state index is 13.7. The first kappa shape index (κ1) is 35.4. The van der Waals surface area contributed by atoms with Gasteiger partial charge in [-0.1, -0.05) is 19.0 Å². The Kier molecular flexibility index (Phi) is 12.1. The average molecular weight is 658 g/mol. The molecule has 0 radical (unpaired) electrons. The molecule has 0 aromatic carbocycles. The first-order valence-electron chi connectivity index (χ1n) is 13.6. The molecule has 1 unspecified atom stereocenters. The summed E-state index contributed by atoms with van der Waals surface area (Å²) in [5.74, 6) is -1.74. The lowest BCUT2D eigenvalue weighted by atomic mass is 9.93. The molecule has 5 atom stereocenters. The number of allylic oxidation sites excluding steroid dienone is 1. The predicted molar refractivity (Wildman–Crippen MR) is 154 cm³/mol. The third-order valence-corrected chi connectivity index (χ3v) is 8.03. The summed E-state index contributed by atoms with van der Waals surface area (Å²) in [5, 5.41) is 27.8. The molecule has 1 aliphatic heterocycles. The molecule has 3 heterocycles. The topological polar surface area (TPSA) is 277 Å². The molecular weight excluding hydrogens is 621 g/mol. The minimum atomic E-state index is -4.35. The number of ether oxygens (including phenoxy) is 4. The summed E-state index contributed by atoms with van der Waals surface area (Å²) in [6.45, 7) is 6.26. The van der Waals surface area contributed by atoms with E-state index < -0.39 is 56.8 Å². The van der Waals surface area contributed by atoms with Crippen molar-refractivity contribution in [2.24, 2.45) is 11.0 Å². The third kappa shape index (κ3) is 8.37. The Morgan fingerprint density at radius 1 is 1.40 bits per heavy atom. The van der Waals surface area contributed by atoms with Crippen molar-refractivity contribution in [2.75, 3.05) is 38.7 Å². The quantitative estimate of drug-likeness (QED) is 0.0277. The van der Waals surface area contributed by atoms with Crippen LogP contribution in [0.15, 0.2) is 23.0 Å². The molecule has 0 aliphatic carbocycles. The number of hydrogen-bond acceptors (Lipinski definition) is 16. The van der Waals surface area contributed by atoms with E-state index in [2.05, 4.69) is 30.1 Å². The van der Waals surface area contributed by atoms with Crippen LogP contribution < -0.4 is 15.6 Å². The summed E-state index contributed by atoms with van der Waals surface area (Å²) >= 11 is 0. The van der Waals surface area contributed by atoms with Gasteiger partial charge < -0.3 is 34.9 Å². The van der Waals surface area contributed by atoms with Crippen LogP contribution in [0.4, 0.5) is 5.95 Å². The van der Waals surface area contributed by atoms with Gasteiger partial charge in [0.2, 0.25) is 11.8 Å². The number of azide groups is 1. The zero-order valence-corrected chi connectivity index (χ0v) is 26.1. The molecule has 21 heteroatoms. The van der Waals surface area contributed by atoms with Crippen LogP contribution in [-0.4, -0.2) is 92.9 Å². The molecule has 2 aromatic heterocycles. The molecule has 1 saturated heterocycles. The van der Waals surface area contributed by atoms with E-state index in [4.69, 9.17) is 33.7 Å². The molecule has 0 amide bonds. The highest BCUT2D eigenvalue weighted by Crippen LogP contribution is 2.48. The molecule has 20 nitrogen and oxygen atoms in total. The fourth-order valence-corrected chi connectivity index (χ4v) is 5.52. The number of aliphatic hydroxyl groups excluding tert-OH is 2. The number of aromatic nitrogens is 4. The first-order chi connectivity index (χ1) is 21.3. The molecular formula is C24H36N9O11P. The summed E-state index contributed by atoms with van der Waals surface area (Å²) in [7, 11) is -4.35. The highest BCUT2D eigenvalue weighted by Gasteiger charge is 2.55.